The molecule has 0 unspecified atom stereocenters. The number of nitrogens with one attached hydrogen (secondary N) is 1. The van der Waals surface area contributed by atoms with Gasteiger partial charge in [0, 0.05) is 11.1 Å². The number of aryl methyl sites for hydroxylation is 2. The van der Waals surface area contributed by atoms with Gasteiger partial charge in [0.25, 0.3) is 0 Å². The first kappa shape index (κ1) is 23.3. The zero-order valence-corrected chi connectivity index (χ0v) is 18.6. The summed E-state index contributed by atoms with van der Waals surface area (Å²) in [6, 6.07) is 15.5. The van der Waals surface area contributed by atoms with E-state index in [9.17, 15) is 15.3 Å². The second-order valence-electron chi connectivity index (χ2n) is 7.53. The fourth-order valence-electron chi connectivity index (χ4n) is 3.44. The summed E-state index contributed by atoms with van der Waals surface area (Å²) >= 11 is 0. The van der Waals surface area contributed by atoms with Crippen LogP contribution in [-0.4, -0.2) is 29.8 Å². The molecule has 30 heavy (non-hydrogen) atoms. The lowest BCUT2D eigenvalue weighted by Gasteiger charge is -2.21. The van der Waals surface area contributed by atoms with E-state index in [0.29, 0.717) is 22.3 Å². The van der Waals surface area contributed by atoms with E-state index in [1.807, 2.05) is 13.8 Å². The first-order valence-electron chi connectivity index (χ1n) is 10.6. The number of hydrogen-bond acceptors (Lipinski definition) is 3. The lowest BCUT2D eigenvalue weighted by Crippen LogP contribution is -3.11. The molecule has 0 aliphatic rings. The maximum atomic E-state index is 12.9. The molecule has 0 aliphatic heterocycles. The van der Waals surface area contributed by atoms with Gasteiger partial charge >= 0.3 is 0 Å². The van der Waals surface area contributed by atoms with Crippen molar-refractivity contribution in [2.24, 2.45) is 0 Å². The van der Waals surface area contributed by atoms with Gasteiger partial charge in [0.05, 0.1) is 19.6 Å². The standard InChI is InChI=1S/C20H18O3.C6H15N/c1-12-6-8-18(21)16(10-12)14-4-3-5-15(20(14)23)17-11-13(2)7-9-19(17)22;1-4-7(5-2)6-3/h3-11,21-23H,1-2H3;4-6H2,1-3H3. The molecule has 0 amide bonds. The monoisotopic (exact) mass is 407 g/mol. The van der Waals surface area contributed by atoms with Crippen LogP contribution in [0.3, 0.4) is 0 Å². The highest BCUT2D eigenvalue weighted by atomic mass is 16.3. The molecular formula is C26H33NO3. The third-order valence-corrected chi connectivity index (χ3v) is 5.40. The zero-order chi connectivity index (χ0) is 22.3. The van der Waals surface area contributed by atoms with Crippen LogP contribution < -0.4 is 10.0 Å². The van der Waals surface area contributed by atoms with Gasteiger partial charge in [-0.25, -0.2) is 0 Å². The van der Waals surface area contributed by atoms with E-state index in [-0.39, 0.29) is 17.2 Å². The van der Waals surface area contributed by atoms with Gasteiger partial charge in [-0.05, 0) is 70.0 Å². The first-order chi connectivity index (χ1) is 14.3. The van der Waals surface area contributed by atoms with Crippen molar-refractivity contribution in [3.63, 3.8) is 0 Å². The molecule has 4 nitrogen and oxygen atoms in total. The molecule has 3 rings (SSSR count). The molecule has 0 aromatic heterocycles. The first-order valence-corrected chi connectivity index (χ1v) is 10.6. The summed E-state index contributed by atoms with van der Waals surface area (Å²) in [5.74, 6) is -0.0778. The second-order valence-corrected chi connectivity index (χ2v) is 7.53. The van der Waals surface area contributed by atoms with Gasteiger partial charge in [-0.1, -0.05) is 47.2 Å². The molecule has 0 radical (unpaired) electrons. The summed E-state index contributed by atoms with van der Waals surface area (Å²) in [4.78, 5) is 1.68. The summed E-state index contributed by atoms with van der Waals surface area (Å²) < 4.78 is 0. The molecule has 0 fully saturated rings. The molecule has 0 saturated heterocycles. The summed E-state index contributed by atoms with van der Waals surface area (Å²) in [5.41, 5.74) is 3.77. The van der Waals surface area contributed by atoms with Crippen molar-refractivity contribution in [3.8, 4) is 39.5 Å². The van der Waals surface area contributed by atoms with Crippen LogP contribution in [0.2, 0.25) is 0 Å². The van der Waals surface area contributed by atoms with Crippen LogP contribution in [0.15, 0.2) is 54.6 Å². The van der Waals surface area contributed by atoms with Crippen molar-refractivity contribution in [1.82, 2.24) is 0 Å². The number of para-hydroxylation sites is 1. The summed E-state index contributed by atoms with van der Waals surface area (Å²) in [6.45, 7) is 14.3. The third kappa shape index (κ3) is 5.55. The highest BCUT2D eigenvalue weighted by molar-refractivity contribution is 5.85. The van der Waals surface area contributed by atoms with Gasteiger partial charge in [0.15, 0.2) is 0 Å². The Morgan fingerprint density at radius 2 is 1.07 bits per heavy atom. The van der Waals surface area contributed by atoms with Crippen LogP contribution in [0.4, 0.5) is 0 Å². The fraction of sp³-hybridized carbons (Fsp3) is 0.308. The molecular weight excluding hydrogens is 374 g/mol. The maximum Gasteiger partial charge on any atom is 0.123 e. The summed E-state index contributed by atoms with van der Waals surface area (Å²) in [5, 5.41) is 33.0. The number of phenolic OH excluding ortho intramolecular Hbond substituents is 2. The van der Waals surface area contributed by atoms with Crippen molar-refractivity contribution in [1.29, 1.82) is 0 Å². The number of hydrogen-bond donors (Lipinski definition) is 3. The Labute approximate surface area is 180 Å². The van der Waals surface area contributed by atoms with Gasteiger partial charge in [0.1, 0.15) is 11.5 Å². The van der Waals surface area contributed by atoms with Gasteiger partial charge < -0.3 is 20.2 Å². The van der Waals surface area contributed by atoms with Crippen molar-refractivity contribution in [2.45, 2.75) is 34.6 Å². The molecule has 0 spiro atoms. The van der Waals surface area contributed by atoms with E-state index in [2.05, 4.69) is 20.8 Å². The quantitative estimate of drug-likeness (QED) is 0.598. The highest BCUT2D eigenvalue weighted by Gasteiger charge is 2.11. The van der Waals surface area contributed by atoms with E-state index in [0.717, 1.165) is 11.1 Å². The fourth-order valence-corrected chi connectivity index (χ4v) is 3.44. The van der Waals surface area contributed by atoms with E-state index in [4.69, 9.17) is 0 Å². The number of phenols is 2. The number of rotatable bonds is 5. The van der Waals surface area contributed by atoms with Crippen LogP contribution in [0, 0.1) is 13.8 Å². The molecule has 0 bridgehead atoms. The molecule has 3 N–H and O–H groups in total. The highest BCUT2D eigenvalue weighted by Crippen LogP contribution is 2.42. The zero-order valence-electron chi connectivity index (χ0n) is 18.6. The van der Waals surface area contributed by atoms with Crippen LogP contribution in [0.5, 0.6) is 17.2 Å². The molecule has 0 atom stereocenters. The van der Waals surface area contributed by atoms with Crippen molar-refractivity contribution in [3.05, 3.63) is 65.7 Å². The minimum absolute atomic E-state index is 0.0679. The largest absolute Gasteiger partial charge is 0.872 e. The average molecular weight is 408 g/mol. The van der Waals surface area contributed by atoms with Gasteiger partial charge in [-0.2, -0.15) is 0 Å². The normalized spacial score (nSPS) is 10.6. The van der Waals surface area contributed by atoms with Gasteiger partial charge in [-0.3, -0.25) is 0 Å². The molecule has 3 aromatic carbocycles. The van der Waals surface area contributed by atoms with Crippen molar-refractivity contribution in [2.75, 3.05) is 19.6 Å². The lowest BCUT2D eigenvalue weighted by atomic mass is 9.95. The van der Waals surface area contributed by atoms with E-state index in [1.54, 1.807) is 59.5 Å². The average Bonchev–Trinajstić information content (AvgIpc) is 2.74. The van der Waals surface area contributed by atoms with E-state index >= 15 is 0 Å². The molecule has 0 aliphatic carbocycles. The Kier molecular flexibility index (Phi) is 8.31. The van der Waals surface area contributed by atoms with Crippen LogP contribution in [0.1, 0.15) is 31.9 Å². The second kappa shape index (κ2) is 10.7. The number of benzene rings is 3. The lowest BCUT2D eigenvalue weighted by molar-refractivity contribution is -0.894. The maximum absolute atomic E-state index is 12.9. The van der Waals surface area contributed by atoms with Gasteiger partial charge in [0.2, 0.25) is 0 Å². The molecule has 3 aromatic rings. The minimum Gasteiger partial charge on any atom is -0.872 e. The van der Waals surface area contributed by atoms with Gasteiger partial charge in [-0.15, -0.1) is 0 Å². The summed E-state index contributed by atoms with van der Waals surface area (Å²) in [7, 11) is 0. The molecule has 160 valence electrons. The Bertz CT molecular complexity index is 903. The topological polar surface area (TPSA) is 68.0 Å². The van der Waals surface area contributed by atoms with Crippen molar-refractivity contribution >= 4 is 0 Å². The molecule has 0 saturated carbocycles. The van der Waals surface area contributed by atoms with E-state index in [1.165, 1.54) is 19.6 Å². The van der Waals surface area contributed by atoms with Crippen LogP contribution in [-0.2, 0) is 0 Å². The minimum atomic E-state index is -0.214. The third-order valence-electron chi connectivity index (χ3n) is 5.40. The Hall–Kier alpha value is -2.98. The smallest absolute Gasteiger partial charge is 0.123 e. The van der Waals surface area contributed by atoms with Crippen molar-refractivity contribution < 1.29 is 20.2 Å². The SMILES string of the molecule is CC[NH+](CC)CC.Cc1ccc(O)c(-c2cccc(-c3cc(C)ccc3O)c2[O-])c1. The number of aromatic hydroxyl groups is 2. The Morgan fingerprint density at radius 3 is 1.40 bits per heavy atom. The Balaban J connectivity index is 0.000000396. The predicted octanol–water partition coefficient (Wildman–Crippen LogP) is 4.05. The van der Waals surface area contributed by atoms with Crippen LogP contribution >= 0.6 is 0 Å². The molecule has 4 heteroatoms. The molecule has 0 heterocycles. The van der Waals surface area contributed by atoms with Crippen LogP contribution in [0.25, 0.3) is 22.3 Å². The summed E-state index contributed by atoms with van der Waals surface area (Å²) in [6.07, 6.45) is 0. The predicted molar refractivity (Wildman–Crippen MR) is 122 cm³/mol. The Morgan fingerprint density at radius 1 is 0.667 bits per heavy atom. The number of quaternary nitrogens is 1. The van der Waals surface area contributed by atoms with E-state index < -0.39 is 0 Å².